The van der Waals surface area contributed by atoms with Gasteiger partial charge < -0.3 is 4.74 Å². The lowest BCUT2D eigenvalue weighted by Gasteiger charge is -2.41. The van der Waals surface area contributed by atoms with Crippen LogP contribution in [0, 0.1) is 37.2 Å². The number of aromatic nitrogens is 3. The first-order chi connectivity index (χ1) is 15.3. The van der Waals surface area contributed by atoms with E-state index in [4.69, 9.17) is 16.2 Å². The number of nitrogens with one attached hydrogen (secondary N) is 1. The van der Waals surface area contributed by atoms with Gasteiger partial charge in [0.1, 0.15) is 11.9 Å². The molecule has 168 valence electrons. The van der Waals surface area contributed by atoms with Crippen molar-refractivity contribution >= 4 is 17.3 Å². The molecule has 1 saturated carbocycles. The number of H-pyrrole nitrogens is 1. The highest BCUT2D eigenvalue weighted by Crippen LogP contribution is 2.51. The van der Waals surface area contributed by atoms with Crippen molar-refractivity contribution in [2.45, 2.75) is 46.6 Å². The molecule has 2 aromatic heterocycles. The van der Waals surface area contributed by atoms with Gasteiger partial charge in [-0.25, -0.2) is 24.0 Å². The summed E-state index contributed by atoms with van der Waals surface area (Å²) in [5, 5.41) is 13.1. The molecule has 1 aliphatic carbocycles. The number of carbonyl (C=O) groups is 1. The molecule has 3 atom stereocenters. The number of nitrogens with zero attached hydrogens (tertiary/aromatic N) is 3. The van der Waals surface area contributed by atoms with Crippen LogP contribution in [0.2, 0.25) is 0 Å². The Morgan fingerprint density at radius 2 is 1.91 bits per heavy atom. The SMILES string of the molecule is [C-]#[N+]c1c(C(OO)C2C(C)CC(C)CC2C)c2nc(C)[nH]n2c1OC(=O)c1ccccc1. The zero-order valence-electron chi connectivity index (χ0n) is 18.7. The van der Waals surface area contributed by atoms with Gasteiger partial charge >= 0.3 is 5.97 Å². The molecule has 1 aromatic carbocycles. The van der Waals surface area contributed by atoms with Gasteiger partial charge in [-0.1, -0.05) is 39.0 Å². The van der Waals surface area contributed by atoms with Crippen molar-refractivity contribution in [2.75, 3.05) is 0 Å². The van der Waals surface area contributed by atoms with Crippen LogP contribution >= 0.6 is 0 Å². The summed E-state index contributed by atoms with van der Waals surface area (Å²) in [4.78, 5) is 26.1. The molecule has 4 rings (SSSR count). The minimum atomic E-state index is -0.765. The van der Waals surface area contributed by atoms with E-state index in [1.807, 2.05) is 6.07 Å². The highest BCUT2D eigenvalue weighted by Gasteiger charge is 2.42. The molecule has 3 aromatic rings. The molecule has 0 radical (unpaired) electrons. The first kappa shape index (κ1) is 22.1. The average Bonchev–Trinajstić information content (AvgIpc) is 3.26. The first-order valence-corrected chi connectivity index (χ1v) is 10.9. The molecular weight excluding hydrogens is 408 g/mol. The van der Waals surface area contributed by atoms with Crippen LogP contribution < -0.4 is 4.74 Å². The number of benzene rings is 1. The van der Waals surface area contributed by atoms with Gasteiger partial charge in [0.15, 0.2) is 5.65 Å². The van der Waals surface area contributed by atoms with Gasteiger partial charge in [-0.15, -0.1) is 0 Å². The van der Waals surface area contributed by atoms with Crippen LogP contribution in [0.5, 0.6) is 5.88 Å². The minimum Gasteiger partial charge on any atom is -0.414 e. The molecule has 0 saturated heterocycles. The molecule has 0 bridgehead atoms. The molecule has 2 heterocycles. The maximum absolute atomic E-state index is 12.8. The Labute approximate surface area is 186 Å². The summed E-state index contributed by atoms with van der Waals surface area (Å²) in [5.74, 6) is 1.17. The van der Waals surface area contributed by atoms with Gasteiger partial charge in [-0.05, 0) is 55.6 Å². The summed E-state index contributed by atoms with van der Waals surface area (Å²) in [6.07, 6.45) is 1.25. The van der Waals surface area contributed by atoms with Gasteiger partial charge in [0.2, 0.25) is 5.88 Å². The van der Waals surface area contributed by atoms with Crippen molar-refractivity contribution in [1.29, 1.82) is 0 Å². The van der Waals surface area contributed by atoms with Gasteiger partial charge in [0, 0.05) is 5.56 Å². The van der Waals surface area contributed by atoms with Crippen LogP contribution in [0.1, 0.15) is 61.5 Å². The summed E-state index contributed by atoms with van der Waals surface area (Å²) in [6.45, 7) is 16.2. The van der Waals surface area contributed by atoms with Gasteiger partial charge in [-0.2, -0.15) is 0 Å². The molecule has 1 fully saturated rings. The molecule has 32 heavy (non-hydrogen) atoms. The van der Waals surface area contributed by atoms with E-state index in [1.54, 1.807) is 31.2 Å². The quantitative estimate of drug-likeness (QED) is 0.235. The lowest BCUT2D eigenvalue weighted by molar-refractivity contribution is -0.302. The minimum absolute atomic E-state index is 0.0161. The fraction of sp³-hybridized carbons (Fsp3) is 0.458. The van der Waals surface area contributed by atoms with Gasteiger partial charge in [0.25, 0.3) is 5.69 Å². The summed E-state index contributed by atoms with van der Waals surface area (Å²) < 4.78 is 7.18. The number of hydrogen-bond donors (Lipinski definition) is 2. The lowest BCUT2D eigenvalue weighted by atomic mass is 9.66. The smallest absolute Gasteiger partial charge is 0.343 e. The largest absolute Gasteiger partial charge is 0.414 e. The Bertz CT molecular complexity index is 1150. The normalized spacial score (nSPS) is 24.2. The number of rotatable bonds is 5. The zero-order chi connectivity index (χ0) is 23.0. The Morgan fingerprint density at radius 1 is 1.25 bits per heavy atom. The van der Waals surface area contributed by atoms with Crippen LogP contribution in [-0.2, 0) is 4.89 Å². The standard InChI is InChI=1S/C24H28N4O4/c1-13-11-14(2)18(15(3)12-13)21(32-30)19-20(25-5)23(28-22(19)26-16(4)27-28)31-24(29)17-9-7-6-8-10-17/h6-10,13-15,18,21,30H,11-12H2,1-4H3,(H,26,27). The maximum Gasteiger partial charge on any atom is 0.343 e. The van der Waals surface area contributed by atoms with Crippen molar-refractivity contribution in [3.63, 3.8) is 0 Å². The third-order valence-corrected chi connectivity index (χ3v) is 6.58. The molecule has 2 N–H and O–H groups in total. The molecule has 8 nitrogen and oxygen atoms in total. The predicted molar refractivity (Wildman–Crippen MR) is 119 cm³/mol. The third-order valence-electron chi connectivity index (χ3n) is 6.58. The molecule has 8 heteroatoms. The van der Waals surface area contributed by atoms with Crippen molar-refractivity contribution in [3.8, 4) is 5.88 Å². The highest BCUT2D eigenvalue weighted by atomic mass is 17.1. The first-order valence-electron chi connectivity index (χ1n) is 10.9. The van der Waals surface area contributed by atoms with E-state index in [2.05, 4.69) is 35.7 Å². The van der Waals surface area contributed by atoms with E-state index in [9.17, 15) is 10.1 Å². The topological polar surface area (TPSA) is 93.2 Å². The second-order valence-electron chi connectivity index (χ2n) is 9.04. The second kappa shape index (κ2) is 8.77. The van der Waals surface area contributed by atoms with Gasteiger partial charge in [0.05, 0.1) is 12.1 Å². The third kappa shape index (κ3) is 3.78. The van der Waals surface area contributed by atoms with Crippen LogP contribution in [0.4, 0.5) is 5.69 Å². The van der Waals surface area contributed by atoms with E-state index >= 15 is 0 Å². The second-order valence-corrected chi connectivity index (χ2v) is 9.04. The molecule has 0 aliphatic heterocycles. The Balaban J connectivity index is 1.83. The van der Waals surface area contributed by atoms with Crippen molar-refractivity contribution in [3.05, 3.63) is 58.7 Å². The summed E-state index contributed by atoms with van der Waals surface area (Å²) >= 11 is 0. The number of ether oxygens (including phenoxy) is 1. The van der Waals surface area contributed by atoms with E-state index in [0.29, 0.717) is 28.5 Å². The van der Waals surface area contributed by atoms with Crippen molar-refractivity contribution < 1.29 is 19.7 Å². The monoisotopic (exact) mass is 436 g/mol. The predicted octanol–water partition coefficient (Wildman–Crippen LogP) is 5.59. The summed E-state index contributed by atoms with van der Waals surface area (Å²) in [6, 6.07) is 8.60. The van der Waals surface area contributed by atoms with Crippen LogP contribution in [0.25, 0.3) is 10.5 Å². The fourth-order valence-electron chi connectivity index (χ4n) is 5.44. The zero-order valence-corrected chi connectivity index (χ0v) is 18.7. The molecule has 0 amide bonds. The number of aromatic amines is 1. The molecular formula is C24H28N4O4. The Hall–Kier alpha value is -3.15. The molecule has 3 unspecified atom stereocenters. The highest BCUT2D eigenvalue weighted by molar-refractivity contribution is 5.92. The Morgan fingerprint density at radius 3 is 2.50 bits per heavy atom. The summed E-state index contributed by atoms with van der Waals surface area (Å²) in [7, 11) is 0. The fourth-order valence-corrected chi connectivity index (χ4v) is 5.44. The van der Waals surface area contributed by atoms with Crippen molar-refractivity contribution in [2.24, 2.45) is 23.7 Å². The van der Waals surface area contributed by atoms with Crippen molar-refractivity contribution in [1.82, 2.24) is 14.6 Å². The number of fused-ring (bicyclic) bond motifs is 1. The van der Waals surface area contributed by atoms with Crippen LogP contribution in [0.15, 0.2) is 30.3 Å². The number of hydrogen-bond acceptors (Lipinski definition) is 5. The average molecular weight is 437 g/mol. The number of aryl methyl sites for hydroxylation is 1. The molecule has 1 aliphatic rings. The Kier molecular flexibility index (Phi) is 6.04. The van der Waals surface area contributed by atoms with Gasteiger partial charge in [-0.3, -0.25) is 10.4 Å². The van der Waals surface area contributed by atoms with Crippen LogP contribution in [0.3, 0.4) is 0 Å². The van der Waals surface area contributed by atoms with E-state index in [1.165, 1.54) is 4.52 Å². The summed E-state index contributed by atoms with van der Waals surface area (Å²) in [5.41, 5.74) is 1.35. The van der Waals surface area contributed by atoms with E-state index in [-0.39, 0.29) is 29.3 Å². The maximum atomic E-state index is 12.8. The van der Waals surface area contributed by atoms with Crippen LogP contribution in [-0.4, -0.2) is 25.8 Å². The van der Waals surface area contributed by atoms with E-state index in [0.717, 1.165) is 12.8 Å². The van der Waals surface area contributed by atoms with E-state index < -0.39 is 12.1 Å². The lowest BCUT2D eigenvalue weighted by Crippen LogP contribution is -2.34. The number of esters is 1. The number of carbonyl (C=O) groups excluding carboxylic acids is 1. The molecule has 0 spiro atoms.